The van der Waals surface area contributed by atoms with Crippen molar-refractivity contribution in [1.82, 2.24) is 0 Å². The van der Waals surface area contributed by atoms with E-state index in [1.165, 1.54) is 0 Å². The van der Waals surface area contributed by atoms with Crippen molar-refractivity contribution in [3.05, 3.63) is 42.5 Å². The molecule has 1 aliphatic rings. The van der Waals surface area contributed by atoms with Crippen molar-refractivity contribution in [2.75, 3.05) is 6.61 Å². The molecule has 0 bridgehead atoms. The third kappa shape index (κ3) is 8.21. The molecular formula is C25H38O5. The lowest BCUT2D eigenvalue weighted by atomic mass is 9.86. The van der Waals surface area contributed by atoms with E-state index in [-0.39, 0.29) is 24.4 Å². The Labute approximate surface area is 180 Å². The fourth-order valence-corrected chi connectivity index (χ4v) is 4.14. The number of allylic oxidation sites excluding steroid dienone is 2. The van der Waals surface area contributed by atoms with Crippen molar-refractivity contribution in [2.45, 2.75) is 77.1 Å². The molecule has 0 radical (unpaired) electrons. The van der Waals surface area contributed by atoms with Gasteiger partial charge in [-0.05, 0) is 62.5 Å². The number of carbonyl (C=O) groups excluding carboxylic acids is 1. The Hall–Kier alpha value is -1.69. The summed E-state index contributed by atoms with van der Waals surface area (Å²) >= 11 is 0. The van der Waals surface area contributed by atoms with Gasteiger partial charge in [-0.1, -0.05) is 44.2 Å². The number of para-hydroxylation sites is 1. The summed E-state index contributed by atoms with van der Waals surface area (Å²) in [6, 6.07) is 9.39. The van der Waals surface area contributed by atoms with E-state index < -0.39 is 18.3 Å². The lowest BCUT2D eigenvalue weighted by Gasteiger charge is -2.23. The van der Waals surface area contributed by atoms with Gasteiger partial charge in [0.25, 0.3) is 0 Å². The van der Waals surface area contributed by atoms with Gasteiger partial charge in [0.15, 0.2) is 0 Å². The highest BCUT2D eigenvalue weighted by Gasteiger charge is 2.40. The molecule has 0 aliphatic heterocycles. The first-order valence-electron chi connectivity index (χ1n) is 11.3. The fraction of sp³-hybridized carbons (Fsp3) is 0.640. The van der Waals surface area contributed by atoms with Crippen LogP contribution in [0.25, 0.3) is 0 Å². The van der Waals surface area contributed by atoms with E-state index in [9.17, 15) is 20.1 Å². The standard InChI is InChI=1S/C25H38O5/c1-18(2)23(27)13-9-4-3-8-12-21-22(25(29)16-24(21)28)15-14-19(26)17-30-20-10-6-5-7-11-20/h3,5-8,10-11,18-19,21-22,24-26,28-29H,4,9,12-17H2,1-2H3/b8-3-/t19-,21-,22-,24+,25-/m1/s1. The Morgan fingerprint density at radius 3 is 2.53 bits per heavy atom. The van der Waals surface area contributed by atoms with E-state index in [0.29, 0.717) is 37.9 Å². The number of Topliss-reactive ketones (excluding diaryl/α,β-unsaturated/α-hetero) is 1. The molecule has 5 atom stereocenters. The number of benzene rings is 1. The number of aliphatic hydroxyl groups excluding tert-OH is 3. The molecule has 2 rings (SSSR count). The summed E-state index contributed by atoms with van der Waals surface area (Å²) in [5.74, 6) is 1.09. The lowest BCUT2D eigenvalue weighted by Crippen LogP contribution is -2.25. The van der Waals surface area contributed by atoms with Crippen LogP contribution in [0, 0.1) is 17.8 Å². The first-order valence-corrected chi connectivity index (χ1v) is 11.3. The third-order valence-electron chi connectivity index (χ3n) is 6.05. The van der Waals surface area contributed by atoms with Crippen molar-refractivity contribution < 1.29 is 24.9 Å². The van der Waals surface area contributed by atoms with Crippen LogP contribution in [0.5, 0.6) is 5.75 Å². The van der Waals surface area contributed by atoms with Crippen LogP contribution in [-0.4, -0.2) is 46.0 Å². The summed E-state index contributed by atoms with van der Waals surface area (Å²) in [6.45, 7) is 4.07. The van der Waals surface area contributed by atoms with E-state index >= 15 is 0 Å². The molecule has 0 heterocycles. The van der Waals surface area contributed by atoms with Crippen LogP contribution >= 0.6 is 0 Å². The molecule has 5 nitrogen and oxygen atoms in total. The Bertz CT molecular complexity index is 642. The molecule has 0 saturated heterocycles. The summed E-state index contributed by atoms with van der Waals surface area (Å²) < 4.78 is 5.59. The molecule has 0 unspecified atom stereocenters. The Morgan fingerprint density at radius 1 is 1.13 bits per heavy atom. The molecular weight excluding hydrogens is 380 g/mol. The number of aliphatic hydroxyl groups is 3. The molecule has 5 heteroatoms. The summed E-state index contributed by atoms with van der Waals surface area (Å²) in [7, 11) is 0. The number of hydrogen-bond acceptors (Lipinski definition) is 5. The minimum Gasteiger partial charge on any atom is -0.491 e. The smallest absolute Gasteiger partial charge is 0.135 e. The average molecular weight is 419 g/mol. The second-order valence-corrected chi connectivity index (χ2v) is 8.77. The van der Waals surface area contributed by atoms with Gasteiger partial charge in [0.05, 0.1) is 18.3 Å². The van der Waals surface area contributed by atoms with Crippen molar-refractivity contribution in [2.24, 2.45) is 17.8 Å². The van der Waals surface area contributed by atoms with Gasteiger partial charge < -0.3 is 20.1 Å². The van der Waals surface area contributed by atoms with Gasteiger partial charge in [0, 0.05) is 12.3 Å². The van der Waals surface area contributed by atoms with Crippen molar-refractivity contribution in [1.29, 1.82) is 0 Å². The molecule has 1 saturated carbocycles. The molecule has 30 heavy (non-hydrogen) atoms. The van der Waals surface area contributed by atoms with Crippen molar-refractivity contribution in [3.8, 4) is 5.75 Å². The number of ether oxygens (including phenoxy) is 1. The molecule has 0 aromatic heterocycles. The molecule has 1 fully saturated rings. The number of ketones is 1. The lowest BCUT2D eigenvalue weighted by molar-refractivity contribution is -0.121. The first kappa shape index (κ1) is 24.6. The monoisotopic (exact) mass is 418 g/mol. The van der Waals surface area contributed by atoms with E-state index in [2.05, 4.69) is 12.2 Å². The largest absolute Gasteiger partial charge is 0.491 e. The van der Waals surface area contributed by atoms with Gasteiger partial charge >= 0.3 is 0 Å². The molecule has 1 aromatic rings. The van der Waals surface area contributed by atoms with Crippen molar-refractivity contribution in [3.63, 3.8) is 0 Å². The van der Waals surface area contributed by atoms with E-state index in [1.54, 1.807) is 0 Å². The zero-order chi connectivity index (χ0) is 21.9. The minimum absolute atomic E-state index is 0.00390. The van der Waals surface area contributed by atoms with Crippen LogP contribution in [0.2, 0.25) is 0 Å². The zero-order valence-electron chi connectivity index (χ0n) is 18.3. The topological polar surface area (TPSA) is 87.0 Å². The van der Waals surface area contributed by atoms with E-state index in [4.69, 9.17) is 4.74 Å². The van der Waals surface area contributed by atoms with Crippen LogP contribution in [0.15, 0.2) is 42.5 Å². The van der Waals surface area contributed by atoms with Crippen LogP contribution < -0.4 is 4.74 Å². The second kappa shape index (κ2) is 12.9. The molecule has 1 aliphatic carbocycles. The second-order valence-electron chi connectivity index (χ2n) is 8.77. The van der Waals surface area contributed by atoms with Gasteiger partial charge in [-0.25, -0.2) is 0 Å². The Balaban J connectivity index is 1.72. The van der Waals surface area contributed by atoms with E-state index in [0.717, 1.165) is 18.6 Å². The molecule has 1 aromatic carbocycles. The zero-order valence-corrected chi connectivity index (χ0v) is 18.3. The van der Waals surface area contributed by atoms with Crippen LogP contribution in [0.3, 0.4) is 0 Å². The van der Waals surface area contributed by atoms with E-state index in [1.807, 2.05) is 44.2 Å². The maximum atomic E-state index is 11.6. The number of rotatable bonds is 13. The number of unbranched alkanes of at least 4 members (excludes halogenated alkanes) is 1. The third-order valence-corrected chi connectivity index (χ3v) is 6.05. The summed E-state index contributed by atoms with van der Waals surface area (Å²) in [5, 5.41) is 31.0. The molecule has 168 valence electrons. The van der Waals surface area contributed by atoms with Crippen molar-refractivity contribution >= 4 is 5.78 Å². The highest BCUT2D eigenvalue weighted by Crippen LogP contribution is 2.38. The normalized spacial score (nSPS) is 25.1. The summed E-state index contributed by atoms with van der Waals surface area (Å²) in [6.07, 6.45) is 7.06. The SMILES string of the molecule is CC(C)C(=O)CCC/C=C\C[C@@H]1[C@@H](CC[C@@H](O)COc2ccccc2)[C@H](O)C[C@@H]1O. The first-order chi connectivity index (χ1) is 14.4. The van der Waals surface area contributed by atoms with Gasteiger partial charge in [-0.2, -0.15) is 0 Å². The quantitative estimate of drug-likeness (QED) is 0.334. The molecule has 0 spiro atoms. The van der Waals surface area contributed by atoms with Crippen LogP contribution in [0.1, 0.15) is 58.8 Å². The average Bonchev–Trinajstić information content (AvgIpc) is 3.00. The maximum Gasteiger partial charge on any atom is 0.135 e. The predicted molar refractivity (Wildman–Crippen MR) is 118 cm³/mol. The molecule has 0 amide bonds. The predicted octanol–water partition coefficient (Wildman–Crippen LogP) is 3.91. The van der Waals surface area contributed by atoms with Crippen LogP contribution in [-0.2, 0) is 4.79 Å². The number of carbonyl (C=O) groups is 1. The highest BCUT2D eigenvalue weighted by atomic mass is 16.5. The minimum atomic E-state index is -0.607. The fourth-order valence-electron chi connectivity index (χ4n) is 4.14. The van der Waals surface area contributed by atoms with Gasteiger partial charge in [0.1, 0.15) is 18.1 Å². The Kier molecular flexibility index (Phi) is 10.6. The van der Waals surface area contributed by atoms with Gasteiger partial charge in [-0.15, -0.1) is 0 Å². The molecule has 3 N–H and O–H groups in total. The highest BCUT2D eigenvalue weighted by molar-refractivity contribution is 5.80. The maximum absolute atomic E-state index is 11.6. The number of hydrogen-bond donors (Lipinski definition) is 3. The summed E-state index contributed by atoms with van der Waals surface area (Å²) in [5.41, 5.74) is 0. The summed E-state index contributed by atoms with van der Waals surface area (Å²) in [4.78, 5) is 11.6. The van der Waals surface area contributed by atoms with Crippen LogP contribution in [0.4, 0.5) is 0 Å². The Morgan fingerprint density at radius 2 is 1.83 bits per heavy atom. The van der Waals surface area contributed by atoms with Gasteiger partial charge in [-0.3, -0.25) is 4.79 Å². The van der Waals surface area contributed by atoms with Gasteiger partial charge in [0.2, 0.25) is 0 Å².